The van der Waals surface area contributed by atoms with Crippen molar-refractivity contribution < 1.29 is 4.79 Å². The molecule has 106 valence electrons. The van der Waals surface area contributed by atoms with Crippen LogP contribution in [0.5, 0.6) is 0 Å². The van der Waals surface area contributed by atoms with Crippen LogP contribution in [0.3, 0.4) is 0 Å². The van der Waals surface area contributed by atoms with E-state index in [4.69, 9.17) is 5.73 Å². The first kappa shape index (κ1) is 13.3. The van der Waals surface area contributed by atoms with Crippen molar-refractivity contribution in [1.29, 1.82) is 0 Å². The molecule has 1 aromatic carbocycles. The van der Waals surface area contributed by atoms with E-state index in [9.17, 15) is 4.79 Å². The number of carbonyl (C=O) groups is 1. The Labute approximate surface area is 122 Å². The molecule has 0 saturated carbocycles. The lowest BCUT2D eigenvalue weighted by Crippen LogP contribution is -2.12. The molecule has 1 unspecified atom stereocenters. The third-order valence-electron chi connectivity index (χ3n) is 3.34. The van der Waals surface area contributed by atoms with Crippen LogP contribution in [0.25, 0.3) is 5.52 Å². The van der Waals surface area contributed by atoms with E-state index < -0.39 is 0 Å². The quantitative estimate of drug-likeness (QED) is 0.774. The van der Waals surface area contributed by atoms with E-state index in [1.165, 1.54) is 0 Å². The van der Waals surface area contributed by atoms with Crippen LogP contribution < -0.4 is 11.1 Å². The van der Waals surface area contributed by atoms with Gasteiger partial charge in [-0.15, -0.1) is 0 Å². The van der Waals surface area contributed by atoms with Gasteiger partial charge in [0.2, 0.25) is 0 Å². The Morgan fingerprint density at radius 2 is 2.14 bits per heavy atom. The normalized spacial score (nSPS) is 12.3. The van der Waals surface area contributed by atoms with Crippen molar-refractivity contribution in [3.05, 3.63) is 66.0 Å². The predicted molar refractivity (Wildman–Crippen MR) is 82.2 cm³/mol. The van der Waals surface area contributed by atoms with Gasteiger partial charge in [-0.25, -0.2) is 4.52 Å². The number of carbonyl (C=O) groups excluding carboxylic acids is 1. The zero-order valence-corrected chi connectivity index (χ0v) is 11.7. The van der Waals surface area contributed by atoms with E-state index in [-0.39, 0.29) is 11.9 Å². The summed E-state index contributed by atoms with van der Waals surface area (Å²) in [4.78, 5) is 12.4. The summed E-state index contributed by atoms with van der Waals surface area (Å²) in [6, 6.07) is 13.1. The molecule has 21 heavy (non-hydrogen) atoms. The number of aromatic nitrogens is 2. The molecule has 0 aliphatic heterocycles. The Hall–Kier alpha value is -2.66. The van der Waals surface area contributed by atoms with Crippen LogP contribution in [0.2, 0.25) is 0 Å². The Morgan fingerprint density at radius 1 is 1.29 bits per heavy atom. The Morgan fingerprint density at radius 3 is 2.95 bits per heavy atom. The molecule has 0 aliphatic rings. The molecule has 1 amide bonds. The fourth-order valence-electron chi connectivity index (χ4n) is 2.21. The number of nitrogens with zero attached hydrogens (tertiary/aromatic N) is 2. The smallest absolute Gasteiger partial charge is 0.259 e. The minimum Gasteiger partial charge on any atom is -0.324 e. The topological polar surface area (TPSA) is 72.4 Å². The standard InChI is InChI=1S/C16H16N4O/c1-11(17)12-5-4-6-13(9-12)19-16(21)14-10-18-20-8-3-2-7-15(14)20/h2-11H,17H2,1H3,(H,19,21). The number of rotatable bonds is 3. The molecule has 1 atom stereocenters. The molecule has 3 rings (SSSR count). The second-order valence-corrected chi connectivity index (χ2v) is 4.96. The maximum Gasteiger partial charge on any atom is 0.259 e. The summed E-state index contributed by atoms with van der Waals surface area (Å²) in [7, 11) is 0. The van der Waals surface area contributed by atoms with Gasteiger partial charge in [-0.05, 0) is 36.8 Å². The minimum absolute atomic E-state index is 0.0705. The largest absolute Gasteiger partial charge is 0.324 e. The van der Waals surface area contributed by atoms with Gasteiger partial charge < -0.3 is 11.1 Å². The molecule has 0 spiro atoms. The average Bonchev–Trinajstić information content (AvgIpc) is 2.91. The Balaban J connectivity index is 1.88. The summed E-state index contributed by atoms with van der Waals surface area (Å²) >= 11 is 0. The summed E-state index contributed by atoms with van der Waals surface area (Å²) in [5.41, 5.74) is 8.88. The number of anilines is 1. The third-order valence-corrected chi connectivity index (χ3v) is 3.34. The Kier molecular flexibility index (Phi) is 3.41. The molecule has 0 bridgehead atoms. The monoisotopic (exact) mass is 280 g/mol. The number of benzene rings is 1. The molecule has 2 heterocycles. The number of hydrogen-bond donors (Lipinski definition) is 2. The molecular weight excluding hydrogens is 264 g/mol. The highest BCUT2D eigenvalue weighted by Crippen LogP contribution is 2.17. The number of pyridine rings is 1. The maximum atomic E-state index is 12.4. The molecule has 0 saturated heterocycles. The van der Waals surface area contributed by atoms with E-state index in [1.807, 2.05) is 55.6 Å². The molecule has 0 radical (unpaired) electrons. The van der Waals surface area contributed by atoms with Gasteiger partial charge >= 0.3 is 0 Å². The van der Waals surface area contributed by atoms with Gasteiger partial charge in [-0.3, -0.25) is 4.79 Å². The van der Waals surface area contributed by atoms with Crippen LogP contribution in [0.15, 0.2) is 54.9 Å². The lowest BCUT2D eigenvalue weighted by molar-refractivity contribution is 0.102. The molecule has 0 aliphatic carbocycles. The van der Waals surface area contributed by atoms with Crippen molar-refractivity contribution >= 4 is 17.1 Å². The van der Waals surface area contributed by atoms with Crippen LogP contribution in [0, 0.1) is 0 Å². The highest BCUT2D eigenvalue weighted by atomic mass is 16.1. The summed E-state index contributed by atoms with van der Waals surface area (Å²) in [5.74, 6) is -0.182. The van der Waals surface area contributed by atoms with Crippen molar-refractivity contribution in [3.8, 4) is 0 Å². The van der Waals surface area contributed by atoms with Gasteiger partial charge in [0.25, 0.3) is 5.91 Å². The molecular formula is C16H16N4O. The van der Waals surface area contributed by atoms with Crippen LogP contribution in [-0.4, -0.2) is 15.5 Å². The number of nitrogens with one attached hydrogen (secondary N) is 1. The first-order chi connectivity index (χ1) is 10.1. The first-order valence-corrected chi connectivity index (χ1v) is 6.74. The van der Waals surface area contributed by atoms with E-state index in [0.717, 1.165) is 16.8 Å². The van der Waals surface area contributed by atoms with Gasteiger partial charge in [0.05, 0.1) is 17.3 Å². The summed E-state index contributed by atoms with van der Waals surface area (Å²) in [5, 5.41) is 7.05. The predicted octanol–water partition coefficient (Wildman–Crippen LogP) is 2.61. The van der Waals surface area contributed by atoms with E-state index in [0.29, 0.717) is 5.56 Å². The number of hydrogen-bond acceptors (Lipinski definition) is 3. The maximum absolute atomic E-state index is 12.4. The Bertz CT molecular complexity index is 792. The zero-order chi connectivity index (χ0) is 14.8. The fourth-order valence-corrected chi connectivity index (χ4v) is 2.21. The van der Waals surface area contributed by atoms with Crippen LogP contribution in [-0.2, 0) is 0 Å². The van der Waals surface area contributed by atoms with Crippen LogP contribution in [0.4, 0.5) is 5.69 Å². The van der Waals surface area contributed by atoms with Crippen molar-refractivity contribution in [2.75, 3.05) is 5.32 Å². The van der Waals surface area contributed by atoms with Gasteiger partial charge in [-0.2, -0.15) is 5.10 Å². The van der Waals surface area contributed by atoms with Crippen molar-refractivity contribution in [2.24, 2.45) is 5.73 Å². The van der Waals surface area contributed by atoms with E-state index in [1.54, 1.807) is 10.7 Å². The lowest BCUT2D eigenvalue weighted by Gasteiger charge is -2.09. The highest BCUT2D eigenvalue weighted by molar-refractivity contribution is 6.08. The number of amides is 1. The average molecular weight is 280 g/mol. The second-order valence-electron chi connectivity index (χ2n) is 4.96. The van der Waals surface area contributed by atoms with Crippen molar-refractivity contribution in [2.45, 2.75) is 13.0 Å². The van der Waals surface area contributed by atoms with Gasteiger partial charge in [0.15, 0.2) is 0 Å². The van der Waals surface area contributed by atoms with Gasteiger partial charge in [0.1, 0.15) is 0 Å². The summed E-state index contributed by atoms with van der Waals surface area (Å²) in [6.45, 7) is 1.91. The molecule has 5 heteroatoms. The third kappa shape index (κ3) is 2.64. The molecule has 0 fully saturated rings. The zero-order valence-electron chi connectivity index (χ0n) is 11.7. The van der Waals surface area contributed by atoms with Crippen molar-refractivity contribution in [1.82, 2.24) is 9.61 Å². The molecule has 5 nitrogen and oxygen atoms in total. The SMILES string of the molecule is CC(N)c1cccc(NC(=O)c2cnn3ccccc23)c1. The summed E-state index contributed by atoms with van der Waals surface area (Å²) < 4.78 is 1.67. The second kappa shape index (κ2) is 5.38. The first-order valence-electron chi connectivity index (χ1n) is 6.74. The number of nitrogens with two attached hydrogens (primary N) is 1. The van der Waals surface area contributed by atoms with Gasteiger partial charge in [0, 0.05) is 17.9 Å². The minimum atomic E-state index is -0.182. The molecule has 3 aromatic rings. The summed E-state index contributed by atoms with van der Waals surface area (Å²) in [6.07, 6.45) is 3.38. The fraction of sp³-hybridized carbons (Fsp3) is 0.125. The molecule has 3 N–H and O–H groups in total. The molecule has 2 aromatic heterocycles. The number of fused-ring (bicyclic) bond motifs is 1. The van der Waals surface area contributed by atoms with E-state index >= 15 is 0 Å². The highest BCUT2D eigenvalue weighted by Gasteiger charge is 2.12. The van der Waals surface area contributed by atoms with Gasteiger partial charge in [-0.1, -0.05) is 18.2 Å². The van der Waals surface area contributed by atoms with Crippen LogP contribution >= 0.6 is 0 Å². The van der Waals surface area contributed by atoms with Crippen LogP contribution in [0.1, 0.15) is 28.9 Å². The van der Waals surface area contributed by atoms with E-state index in [2.05, 4.69) is 10.4 Å². The lowest BCUT2D eigenvalue weighted by atomic mass is 10.1. The van der Waals surface area contributed by atoms with Crippen molar-refractivity contribution in [3.63, 3.8) is 0 Å².